The Hall–Kier alpha value is -3.39. The van der Waals surface area contributed by atoms with Gasteiger partial charge in [0.15, 0.2) is 25.8 Å². The minimum absolute atomic E-state index is 0.0503. The highest BCUT2D eigenvalue weighted by Crippen LogP contribution is 2.37. The van der Waals surface area contributed by atoms with Crippen molar-refractivity contribution in [1.29, 1.82) is 0 Å². The van der Waals surface area contributed by atoms with Crippen molar-refractivity contribution in [3.8, 4) is 11.6 Å². The number of ether oxygens (including phenoxy) is 2. The zero-order valence-corrected chi connectivity index (χ0v) is 28.9. The van der Waals surface area contributed by atoms with Crippen LogP contribution in [0.4, 0.5) is 23.8 Å². The van der Waals surface area contributed by atoms with Gasteiger partial charge in [0.25, 0.3) is 0 Å². The molecule has 3 atom stereocenters. The molecule has 0 bridgehead atoms. The molecule has 1 aliphatic rings. The number of methoxy groups -OCH3 is 1. The van der Waals surface area contributed by atoms with Gasteiger partial charge in [-0.1, -0.05) is 39.0 Å². The van der Waals surface area contributed by atoms with E-state index < -0.39 is 43.8 Å². The van der Waals surface area contributed by atoms with Crippen molar-refractivity contribution in [3.05, 3.63) is 71.0 Å². The fourth-order valence-corrected chi connectivity index (χ4v) is 6.73. The molecule has 1 aromatic heterocycles. The molecule has 13 heteroatoms. The van der Waals surface area contributed by atoms with Crippen molar-refractivity contribution in [3.63, 3.8) is 0 Å². The highest BCUT2D eigenvalue weighted by Gasteiger charge is 2.39. The molecular weight excluding hydrogens is 615 g/mol. The fraction of sp³-hybridized carbons (Fsp3) is 0.515. The Morgan fingerprint density at radius 1 is 1.11 bits per heavy atom. The standard InChI is InChI=1S/C33H46F3N5O4Si/c1-21(45-46(7,8)33(3,4)5)20-44-31-22(2)30(41(39-31)24-12-10-9-11-13-24)38-32(42)37-28-19-40(14-15-43-6)18-25(28)23-16-26(34)29(36)27(35)17-23/h9-13,16-17,21,25,28H,14-15,18-20H2,1-8H3,(H2,37,38,42)/t21-,25-,28+/m0/s1. The lowest BCUT2D eigenvalue weighted by molar-refractivity contribution is 0.126. The van der Waals surface area contributed by atoms with Gasteiger partial charge in [-0.2, -0.15) is 0 Å². The SMILES string of the molecule is COCCN1C[C@@H](NC(=O)Nc2c(C)c(OC[C@H](C)O[Si](C)(C)C(C)(C)C)nn2-c2ccccc2)[C@H](c2cc(F)c(F)c(F)c2)C1. The van der Waals surface area contributed by atoms with E-state index >= 15 is 0 Å². The molecule has 252 valence electrons. The van der Waals surface area contributed by atoms with E-state index in [2.05, 4.69) is 49.6 Å². The van der Waals surface area contributed by atoms with Crippen LogP contribution in [-0.4, -0.2) is 81.1 Å². The van der Waals surface area contributed by atoms with Gasteiger partial charge in [0, 0.05) is 32.7 Å². The lowest BCUT2D eigenvalue weighted by Gasteiger charge is -2.38. The van der Waals surface area contributed by atoms with E-state index in [9.17, 15) is 18.0 Å². The highest BCUT2D eigenvalue weighted by molar-refractivity contribution is 6.74. The fourth-order valence-electron chi connectivity index (χ4n) is 5.30. The topological polar surface area (TPSA) is 89.9 Å². The first kappa shape index (κ1) is 35.5. The van der Waals surface area contributed by atoms with E-state index in [-0.39, 0.29) is 23.3 Å². The Balaban J connectivity index is 1.55. The van der Waals surface area contributed by atoms with Crippen LogP contribution in [0, 0.1) is 24.4 Å². The first-order valence-corrected chi connectivity index (χ1v) is 18.4. The van der Waals surface area contributed by atoms with Crippen LogP contribution < -0.4 is 15.4 Å². The smallest absolute Gasteiger partial charge is 0.320 e. The predicted molar refractivity (Wildman–Crippen MR) is 175 cm³/mol. The molecule has 0 spiro atoms. The number of urea groups is 1. The van der Waals surface area contributed by atoms with Gasteiger partial charge in [0.05, 0.1) is 30.0 Å². The number of rotatable bonds is 12. The van der Waals surface area contributed by atoms with Crippen LogP contribution in [-0.2, 0) is 9.16 Å². The second-order valence-corrected chi connectivity index (χ2v) is 18.1. The summed E-state index contributed by atoms with van der Waals surface area (Å²) in [6.07, 6.45) is -0.177. The number of hydrogen-bond acceptors (Lipinski definition) is 6. The highest BCUT2D eigenvalue weighted by atomic mass is 28.4. The lowest BCUT2D eigenvalue weighted by atomic mass is 9.94. The van der Waals surface area contributed by atoms with Crippen LogP contribution in [0.25, 0.3) is 5.69 Å². The molecule has 0 unspecified atom stereocenters. The average Bonchev–Trinajstić information content (AvgIpc) is 3.53. The van der Waals surface area contributed by atoms with Gasteiger partial charge in [-0.05, 0) is 61.8 Å². The van der Waals surface area contributed by atoms with Gasteiger partial charge in [-0.25, -0.2) is 22.6 Å². The lowest BCUT2D eigenvalue weighted by Crippen LogP contribution is -2.44. The van der Waals surface area contributed by atoms with Crippen LogP contribution in [0.3, 0.4) is 0 Å². The molecule has 0 radical (unpaired) electrons. The largest absolute Gasteiger partial charge is 0.474 e. The van der Waals surface area contributed by atoms with Crippen molar-refractivity contribution >= 4 is 20.2 Å². The summed E-state index contributed by atoms with van der Waals surface area (Å²) in [5.41, 5.74) is 1.59. The molecule has 2 amide bonds. The number of aromatic nitrogens is 2. The molecule has 0 aliphatic carbocycles. The third-order valence-electron chi connectivity index (χ3n) is 8.83. The molecule has 9 nitrogen and oxygen atoms in total. The number of anilines is 1. The molecule has 4 rings (SSSR count). The number of hydrogen-bond donors (Lipinski definition) is 2. The van der Waals surface area contributed by atoms with Crippen molar-refractivity contribution in [2.45, 2.75) is 70.8 Å². The van der Waals surface area contributed by atoms with Gasteiger partial charge in [-0.3, -0.25) is 10.2 Å². The van der Waals surface area contributed by atoms with E-state index in [0.717, 1.165) is 12.1 Å². The number of para-hydroxylation sites is 1. The molecule has 46 heavy (non-hydrogen) atoms. The number of carbonyl (C=O) groups is 1. The van der Waals surface area contributed by atoms with E-state index in [4.69, 9.17) is 13.9 Å². The maximum absolute atomic E-state index is 14.2. The molecule has 1 fully saturated rings. The van der Waals surface area contributed by atoms with E-state index in [1.165, 1.54) is 0 Å². The van der Waals surface area contributed by atoms with Crippen molar-refractivity contribution in [2.24, 2.45) is 0 Å². The average molecular weight is 662 g/mol. The van der Waals surface area contributed by atoms with Gasteiger partial charge in [0.2, 0.25) is 5.88 Å². The molecule has 1 saturated heterocycles. The van der Waals surface area contributed by atoms with E-state index in [1.54, 1.807) is 11.8 Å². The van der Waals surface area contributed by atoms with Crippen LogP contribution in [0.5, 0.6) is 5.88 Å². The van der Waals surface area contributed by atoms with Crippen LogP contribution in [0.1, 0.15) is 44.7 Å². The second-order valence-electron chi connectivity index (χ2n) is 13.4. The van der Waals surface area contributed by atoms with Gasteiger partial charge in [0.1, 0.15) is 12.4 Å². The summed E-state index contributed by atoms with van der Waals surface area (Å²) >= 11 is 0. The monoisotopic (exact) mass is 661 g/mol. The van der Waals surface area contributed by atoms with Gasteiger partial charge < -0.3 is 19.2 Å². The Morgan fingerprint density at radius 3 is 2.37 bits per heavy atom. The normalized spacial score (nSPS) is 18.1. The number of benzene rings is 2. The van der Waals surface area contributed by atoms with Gasteiger partial charge in [-0.15, -0.1) is 5.10 Å². The Morgan fingerprint density at radius 2 is 1.76 bits per heavy atom. The minimum Gasteiger partial charge on any atom is -0.474 e. The number of nitrogens with zero attached hydrogens (tertiary/aromatic N) is 3. The van der Waals surface area contributed by atoms with Crippen molar-refractivity contribution in [2.75, 3.05) is 45.3 Å². The predicted octanol–water partition coefficient (Wildman–Crippen LogP) is 6.62. The summed E-state index contributed by atoms with van der Waals surface area (Å²) < 4.78 is 61.5. The number of halogens is 3. The van der Waals surface area contributed by atoms with E-state index in [1.807, 2.05) is 49.1 Å². The summed E-state index contributed by atoms with van der Waals surface area (Å²) in [4.78, 5) is 15.6. The molecule has 2 N–H and O–H groups in total. The molecule has 3 aromatic rings. The maximum atomic E-state index is 14.2. The molecule has 0 saturated carbocycles. The zero-order chi connectivity index (χ0) is 33.8. The summed E-state index contributed by atoms with van der Waals surface area (Å²) in [5, 5.41) is 10.6. The summed E-state index contributed by atoms with van der Waals surface area (Å²) in [6, 6.07) is 10.3. The van der Waals surface area contributed by atoms with Crippen molar-refractivity contribution < 1.29 is 31.9 Å². The van der Waals surface area contributed by atoms with Gasteiger partial charge >= 0.3 is 6.03 Å². The number of nitrogens with one attached hydrogen (secondary N) is 2. The Labute approximate surface area is 270 Å². The summed E-state index contributed by atoms with van der Waals surface area (Å²) in [5.74, 6) is -3.80. The zero-order valence-electron chi connectivity index (χ0n) is 27.9. The number of carbonyl (C=O) groups excluding carboxylic acids is 1. The molecule has 1 aliphatic heterocycles. The second kappa shape index (κ2) is 14.6. The van der Waals surface area contributed by atoms with Crippen LogP contribution >= 0.6 is 0 Å². The van der Waals surface area contributed by atoms with E-state index in [0.29, 0.717) is 49.2 Å². The first-order chi connectivity index (χ1) is 21.6. The Bertz CT molecular complexity index is 1480. The minimum atomic E-state index is -2.01. The molecule has 2 aromatic carbocycles. The third kappa shape index (κ3) is 8.30. The quantitative estimate of drug-likeness (QED) is 0.168. The third-order valence-corrected chi connectivity index (χ3v) is 13.4. The molecular formula is C33H46F3N5O4Si. The summed E-state index contributed by atoms with van der Waals surface area (Å²) in [7, 11) is -0.428. The van der Waals surface area contributed by atoms with Crippen LogP contribution in [0.2, 0.25) is 18.1 Å². The molecule has 2 heterocycles. The number of likely N-dealkylation sites (tertiary alicyclic amines) is 1. The van der Waals surface area contributed by atoms with Crippen molar-refractivity contribution in [1.82, 2.24) is 20.0 Å². The maximum Gasteiger partial charge on any atom is 0.320 e. The first-order valence-electron chi connectivity index (χ1n) is 15.5. The summed E-state index contributed by atoms with van der Waals surface area (Å²) in [6.45, 7) is 16.8. The Kier molecular flexibility index (Phi) is 11.2. The van der Waals surface area contributed by atoms with Crippen LogP contribution in [0.15, 0.2) is 42.5 Å². The number of amides is 2.